The number of fused-ring (bicyclic) bond motifs is 5. The van der Waals surface area contributed by atoms with E-state index >= 15 is 0 Å². The van der Waals surface area contributed by atoms with Gasteiger partial charge in [0.05, 0.1) is 35.7 Å². The molecule has 3 aromatic rings. The number of thioether (sulfide) groups is 1. The molecule has 2 atom stereocenters. The Kier molecular flexibility index (Phi) is 4.31. The fourth-order valence-corrected chi connectivity index (χ4v) is 6.38. The molecule has 33 heavy (non-hydrogen) atoms. The van der Waals surface area contributed by atoms with Crippen molar-refractivity contribution in [3.8, 4) is 11.4 Å². The fourth-order valence-electron chi connectivity index (χ4n) is 5.20. The highest BCUT2D eigenvalue weighted by Crippen LogP contribution is 2.47. The van der Waals surface area contributed by atoms with E-state index in [4.69, 9.17) is 15.5 Å². The number of pyridine rings is 2. The maximum atomic E-state index is 14.7. The topological polar surface area (TPSA) is 107 Å². The molecule has 170 valence electrons. The number of halogens is 2. The summed E-state index contributed by atoms with van der Waals surface area (Å²) in [6.45, 7) is 0.659. The molecule has 3 aliphatic heterocycles. The van der Waals surface area contributed by atoms with Crippen molar-refractivity contribution in [3.63, 3.8) is 0 Å². The predicted octanol–water partition coefficient (Wildman–Crippen LogP) is 2.58. The zero-order valence-corrected chi connectivity index (χ0v) is 18.4. The fraction of sp³-hybridized carbons (Fsp3) is 0.348. The summed E-state index contributed by atoms with van der Waals surface area (Å²) in [6.07, 6.45) is -0.527. The van der Waals surface area contributed by atoms with Crippen molar-refractivity contribution in [3.05, 3.63) is 56.1 Å². The van der Waals surface area contributed by atoms with Crippen molar-refractivity contribution in [2.75, 3.05) is 12.4 Å². The highest BCUT2D eigenvalue weighted by atomic mass is 32.2. The molecule has 0 saturated carbocycles. The number of ether oxygens (including phenoxy) is 1. The van der Waals surface area contributed by atoms with Crippen LogP contribution in [0.1, 0.15) is 40.3 Å². The number of aliphatic hydroxyl groups is 1. The van der Waals surface area contributed by atoms with Crippen molar-refractivity contribution in [1.29, 1.82) is 0 Å². The van der Waals surface area contributed by atoms with Crippen molar-refractivity contribution in [1.82, 2.24) is 9.55 Å². The number of hydrogen-bond donors (Lipinski definition) is 2. The normalized spacial score (nSPS) is 22.7. The lowest BCUT2D eigenvalue weighted by Crippen LogP contribution is -2.45. The van der Waals surface area contributed by atoms with E-state index in [0.717, 1.165) is 21.4 Å². The van der Waals surface area contributed by atoms with Gasteiger partial charge in [-0.2, -0.15) is 0 Å². The van der Waals surface area contributed by atoms with E-state index in [9.17, 15) is 23.5 Å². The third-order valence-electron chi connectivity index (χ3n) is 6.88. The lowest BCUT2D eigenvalue weighted by Gasteiger charge is -2.32. The Morgan fingerprint density at radius 1 is 1.36 bits per heavy atom. The van der Waals surface area contributed by atoms with Crippen LogP contribution in [0.5, 0.6) is 0 Å². The van der Waals surface area contributed by atoms with Crippen LogP contribution in [0.25, 0.3) is 22.3 Å². The Hall–Kier alpha value is -2.82. The second kappa shape index (κ2) is 6.85. The van der Waals surface area contributed by atoms with Gasteiger partial charge in [0.25, 0.3) is 5.56 Å². The number of alkyl halides is 1. The highest BCUT2D eigenvalue weighted by Gasteiger charge is 2.46. The molecule has 0 saturated heterocycles. The minimum absolute atomic E-state index is 0.0340. The number of cyclic esters (lactones) is 1. The first kappa shape index (κ1) is 20.8. The number of rotatable bonds is 2. The Balaban J connectivity index is 1.68. The van der Waals surface area contributed by atoms with Gasteiger partial charge in [0.15, 0.2) is 5.60 Å². The van der Waals surface area contributed by atoms with Crippen LogP contribution in [0.15, 0.2) is 21.8 Å². The summed E-state index contributed by atoms with van der Waals surface area (Å²) in [5.74, 6) is -0.804. The number of esters is 1. The van der Waals surface area contributed by atoms with Gasteiger partial charge >= 0.3 is 5.97 Å². The van der Waals surface area contributed by atoms with E-state index in [1.165, 1.54) is 28.5 Å². The molecule has 3 aliphatic rings. The molecule has 0 spiro atoms. The second-order valence-corrected chi connectivity index (χ2v) is 9.70. The molecule has 5 heterocycles. The molecule has 0 bridgehead atoms. The van der Waals surface area contributed by atoms with E-state index in [2.05, 4.69) is 0 Å². The van der Waals surface area contributed by atoms with Crippen molar-refractivity contribution >= 4 is 28.6 Å². The molecular formula is C23H19F2N3O4S. The van der Waals surface area contributed by atoms with Crippen LogP contribution in [0.4, 0.5) is 8.78 Å². The third kappa shape index (κ3) is 2.59. The number of hydrogen-bond acceptors (Lipinski definition) is 7. The summed E-state index contributed by atoms with van der Waals surface area (Å²) in [6, 6.07) is 2.55. The Labute approximate surface area is 190 Å². The lowest BCUT2D eigenvalue weighted by atomic mass is 9.85. The average molecular weight is 471 g/mol. The van der Waals surface area contributed by atoms with Crippen LogP contribution < -0.4 is 11.3 Å². The number of nitrogens with zero attached hydrogens (tertiary/aromatic N) is 2. The summed E-state index contributed by atoms with van der Waals surface area (Å²) in [7, 11) is 0. The molecule has 1 aromatic carbocycles. The molecule has 0 fully saturated rings. The quantitative estimate of drug-likeness (QED) is 0.433. The van der Waals surface area contributed by atoms with Gasteiger partial charge in [-0.15, -0.1) is 11.8 Å². The zero-order chi connectivity index (χ0) is 23.2. The largest absolute Gasteiger partial charge is 0.458 e. The van der Waals surface area contributed by atoms with E-state index < -0.39 is 30.2 Å². The predicted molar refractivity (Wildman–Crippen MR) is 117 cm³/mol. The zero-order valence-electron chi connectivity index (χ0n) is 17.6. The second-order valence-electron chi connectivity index (χ2n) is 8.67. The summed E-state index contributed by atoms with van der Waals surface area (Å²) in [4.78, 5) is 31.2. The van der Waals surface area contributed by atoms with Crippen LogP contribution >= 0.6 is 11.8 Å². The number of nitrogens with two attached hydrogens (primary N) is 1. The lowest BCUT2D eigenvalue weighted by molar-refractivity contribution is -0.173. The van der Waals surface area contributed by atoms with Gasteiger partial charge in [0.2, 0.25) is 0 Å². The molecule has 2 aromatic heterocycles. The van der Waals surface area contributed by atoms with Crippen LogP contribution in [-0.2, 0) is 28.3 Å². The van der Waals surface area contributed by atoms with E-state index in [1.807, 2.05) is 0 Å². The summed E-state index contributed by atoms with van der Waals surface area (Å²) in [5, 5.41) is 11.8. The van der Waals surface area contributed by atoms with Crippen LogP contribution in [-0.4, -0.2) is 33.1 Å². The van der Waals surface area contributed by atoms with Gasteiger partial charge in [-0.1, -0.05) is 0 Å². The number of carbonyl (C=O) groups excluding carboxylic acids is 1. The van der Waals surface area contributed by atoms with Gasteiger partial charge in [0.1, 0.15) is 12.4 Å². The van der Waals surface area contributed by atoms with Gasteiger partial charge in [-0.3, -0.25) is 9.18 Å². The molecule has 0 unspecified atom stereocenters. The Morgan fingerprint density at radius 2 is 2.15 bits per heavy atom. The number of aromatic nitrogens is 2. The first-order valence-corrected chi connectivity index (χ1v) is 11.5. The maximum Gasteiger partial charge on any atom is 0.343 e. The molecule has 6 rings (SSSR count). The molecule has 7 nitrogen and oxygen atoms in total. The first-order chi connectivity index (χ1) is 15.8. The molecule has 0 amide bonds. The summed E-state index contributed by atoms with van der Waals surface area (Å²) in [5.41, 5.74) is 7.34. The van der Waals surface area contributed by atoms with Crippen molar-refractivity contribution in [2.24, 2.45) is 5.73 Å². The summed E-state index contributed by atoms with van der Waals surface area (Å²) >= 11 is 1.49. The Bertz CT molecular complexity index is 1470. The average Bonchev–Trinajstić information content (AvgIpc) is 3.15. The van der Waals surface area contributed by atoms with Crippen LogP contribution in [0.3, 0.4) is 0 Å². The monoisotopic (exact) mass is 471 g/mol. The van der Waals surface area contributed by atoms with Crippen LogP contribution in [0, 0.1) is 12.7 Å². The SMILES string of the molecule is Cc1c(F)cc2nc3c(c4c2c1SC[C@@H]4N)Cn1c-3cc2c(c1=O)COC(=O)[C@]2(O)CCF. The van der Waals surface area contributed by atoms with E-state index in [0.29, 0.717) is 28.2 Å². The van der Waals surface area contributed by atoms with E-state index in [1.54, 1.807) is 6.92 Å². The Morgan fingerprint density at radius 3 is 2.91 bits per heavy atom. The smallest absolute Gasteiger partial charge is 0.343 e. The minimum Gasteiger partial charge on any atom is -0.458 e. The van der Waals surface area contributed by atoms with Gasteiger partial charge < -0.3 is 20.1 Å². The van der Waals surface area contributed by atoms with Crippen molar-refractivity contribution in [2.45, 2.75) is 43.0 Å². The van der Waals surface area contributed by atoms with Gasteiger partial charge in [-0.25, -0.2) is 14.2 Å². The third-order valence-corrected chi connectivity index (χ3v) is 8.21. The molecular weight excluding hydrogens is 452 g/mol. The first-order valence-electron chi connectivity index (χ1n) is 10.5. The highest BCUT2D eigenvalue weighted by molar-refractivity contribution is 7.99. The molecule has 3 N–H and O–H groups in total. The molecule has 10 heteroatoms. The number of carbonyl (C=O) groups is 1. The standard InChI is InChI=1S/C23H19F2N3O4S/c1-9-13(25)5-15-18-17(14(26)8-33-20(9)18)10-6-28-16(19(10)27-15)4-12-11(21(28)29)7-32-22(30)23(12,31)2-3-24/h4-5,14,31H,2-3,6-8,26H2,1H3/t14-,23-/m0/s1. The number of benzene rings is 1. The molecule has 0 radical (unpaired) electrons. The van der Waals surface area contributed by atoms with E-state index in [-0.39, 0.29) is 36.1 Å². The molecule has 0 aliphatic carbocycles. The van der Waals surface area contributed by atoms with Crippen LogP contribution in [0.2, 0.25) is 0 Å². The van der Waals surface area contributed by atoms with Gasteiger partial charge in [-0.05, 0) is 24.1 Å². The summed E-state index contributed by atoms with van der Waals surface area (Å²) < 4.78 is 34.4. The van der Waals surface area contributed by atoms with Crippen molar-refractivity contribution < 1.29 is 23.4 Å². The minimum atomic E-state index is -2.26. The maximum absolute atomic E-state index is 14.7. The van der Waals surface area contributed by atoms with Gasteiger partial charge in [0, 0.05) is 45.7 Å².